The molecule has 0 heterocycles. The Morgan fingerprint density at radius 2 is 2.33 bits per heavy atom. The highest BCUT2D eigenvalue weighted by Crippen LogP contribution is 2.32. The van der Waals surface area contributed by atoms with Crippen LogP contribution < -0.4 is 0 Å². The van der Waals surface area contributed by atoms with Gasteiger partial charge in [0.25, 0.3) is 5.69 Å². The van der Waals surface area contributed by atoms with E-state index in [1.807, 2.05) is 6.07 Å². The summed E-state index contributed by atoms with van der Waals surface area (Å²) in [6.45, 7) is 1.74. The average Bonchev–Trinajstić information content (AvgIpc) is 2.20. The van der Waals surface area contributed by atoms with E-state index in [0.717, 1.165) is 0 Å². The number of nitro groups is 1. The molecule has 1 aromatic rings. The summed E-state index contributed by atoms with van der Waals surface area (Å²) in [6, 6.07) is 6.26. The van der Waals surface area contributed by atoms with Gasteiger partial charge in [0, 0.05) is 17.0 Å². The Kier molecular flexibility index (Phi) is 3.95. The summed E-state index contributed by atoms with van der Waals surface area (Å²) >= 11 is 7.11. The molecule has 1 unspecified atom stereocenters. The second-order valence-electron chi connectivity index (χ2n) is 2.76. The number of nitriles is 1. The molecule has 0 N–H and O–H groups in total. The second-order valence-corrected chi connectivity index (χ2v) is 4.55. The number of rotatable bonds is 3. The highest BCUT2D eigenvalue weighted by Gasteiger charge is 2.11. The maximum Gasteiger partial charge on any atom is 0.270 e. The lowest BCUT2D eigenvalue weighted by atomic mass is 10.3. The maximum absolute atomic E-state index is 10.4. The van der Waals surface area contributed by atoms with Crippen LogP contribution in [0.15, 0.2) is 23.1 Å². The molecule has 0 radical (unpaired) electrons. The highest BCUT2D eigenvalue weighted by atomic mass is 35.5. The third-order valence-electron chi connectivity index (χ3n) is 1.61. The first kappa shape index (κ1) is 11.8. The molecule has 1 aromatic carbocycles. The van der Waals surface area contributed by atoms with Crippen molar-refractivity contribution in [3.8, 4) is 6.07 Å². The van der Waals surface area contributed by atoms with Crippen LogP contribution in [0.2, 0.25) is 5.02 Å². The zero-order chi connectivity index (χ0) is 11.4. The fourth-order valence-electron chi connectivity index (χ4n) is 0.916. The highest BCUT2D eigenvalue weighted by molar-refractivity contribution is 8.00. The summed E-state index contributed by atoms with van der Waals surface area (Å²) in [7, 11) is 0. The number of nitrogens with zero attached hydrogens (tertiary/aromatic N) is 2. The summed E-state index contributed by atoms with van der Waals surface area (Å²) in [6.07, 6.45) is 0. The Hall–Kier alpha value is -1.25. The predicted molar refractivity (Wildman–Crippen MR) is 59.0 cm³/mol. The van der Waals surface area contributed by atoms with Crippen LogP contribution >= 0.6 is 23.4 Å². The predicted octanol–water partition coefficient (Wildman–Crippen LogP) is 3.25. The minimum absolute atomic E-state index is 0.0473. The van der Waals surface area contributed by atoms with Gasteiger partial charge in [-0.05, 0) is 13.0 Å². The van der Waals surface area contributed by atoms with Crippen LogP contribution in [0.3, 0.4) is 0 Å². The molecule has 0 fully saturated rings. The standard InChI is InChI=1S/C9H7ClN2O2S/c1-6(5-11)15-9-3-2-7(12(13)14)4-8(9)10/h2-4,6H,1H3. The SMILES string of the molecule is CC(C#N)Sc1ccc([N+](=O)[O-])cc1Cl. The van der Waals surface area contributed by atoms with Gasteiger partial charge in [0.05, 0.1) is 21.3 Å². The maximum atomic E-state index is 10.4. The van der Waals surface area contributed by atoms with Gasteiger partial charge < -0.3 is 0 Å². The number of hydrogen-bond donors (Lipinski definition) is 0. The van der Waals surface area contributed by atoms with Crippen molar-refractivity contribution in [3.05, 3.63) is 33.3 Å². The molecule has 6 heteroatoms. The van der Waals surface area contributed by atoms with E-state index in [1.165, 1.54) is 23.9 Å². The van der Waals surface area contributed by atoms with Gasteiger partial charge in [-0.15, -0.1) is 11.8 Å². The molecule has 0 bridgehead atoms. The summed E-state index contributed by atoms with van der Waals surface area (Å²) < 4.78 is 0. The molecule has 0 aliphatic rings. The van der Waals surface area contributed by atoms with Crippen molar-refractivity contribution in [2.75, 3.05) is 0 Å². The molecule has 0 aromatic heterocycles. The summed E-state index contributed by atoms with van der Waals surface area (Å²) in [4.78, 5) is 10.6. The van der Waals surface area contributed by atoms with E-state index in [1.54, 1.807) is 13.0 Å². The Morgan fingerprint density at radius 1 is 1.67 bits per heavy atom. The summed E-state index contributed by atoms with van der Waals surface area (Å²) in [5.41, 5.74) is -0.0473. The zero-order valence-corrected chi connectivity index (χ0v) is 9.38. The van der Waals surface area contributed by atoms with Gasteiger partial charge in [0.1, 0.15) is 0 Å². The molecule has 0 aliphatic carbocycles. The van der Waals surface area contributed by atoms with E-state index >= 15 is 0 Å². The van der Waals surface area contributed by atoms with Gasteiger partial charge in [0.15, 0.2) is 0 Å². The largest absolute Gasteiger partial charge is 0.270 e. The Balaban J connectivity index is 2.94. The third kappa shape index (κ3) is 3.11. The third-order valence-corrected chi connectivity index (χ3v) is 3.11. The van der Waals surface area contributed by atoms with E-state index in [0.29, 0.717) is 9.92 Å². The molecule has 0 saturated heterocycles. The second kappa shape index (κ2) is 5.01. The molecular weight excluding hydrogens is 236 g/mol. The molecule has 15 heavy (non-hydrogen) atoms. The molecule has 0 spiro atoms. The van der Waals surface area contributed by atoms with Crippen molar-refractivity contribution in [2.45, 2.75) is 17.1 Å². The van der Waals surface area contributed by atoms with Crippen molar-refractivity contribution >= 4 is 29.1 Å². The van der Waals surface area contributed by atoms with Crippen molar-refractivity contribution in [3.63, 3.8) is 0 Å². The molecule has 1 rings (SSSR count). The molecule has 0 saturated carbocycles. The van der Waals surface area contributed by atoms with Gasteiger partial charge in [0.2, 0.25) is 0 Å². The van der Waals surface area contributed by atoms with E-state index in [2.05, 4.69) is 0 Å². The summed E-state index contributed by atoms with van der Waals surface area (Å²) in [5.74, 6) is 0. The van der Waals surface area contributed by atoms with Gasteiger partial charge in [-0.25, -0.2) is 0 Å². The first-order valence-corrected chi connectivity index (χ1v) is 5.30. The molecule has 4 nitrogen and oxygen atoms in total. The number of non-ortho nitro benzene ring substituents is 1. The van der Waals surface area contributed by atoms with E-state index < -0.39 is 4.92 Å². The van der Waals surface area contributed by atoms with Gasteiger partial charge in [-0.1, -0.05) is 11.6 Å². The van der Waals surface area contributed by atoms with E-state index in [4.69, 9.17) is 16.9 Å². The topological polar surface area (TPSA) is 66.9 Å². The Bertz CT molecular complexity index is 431. The Morgan fingerprint density at radius 3 is 2.80 bits per heavy atom. The number of thioether (sulfide) groups is 1. The average molecular weight is 243 g/mol. The smallest absolute Gasteiger partial charge is 0.258 e. The van der Waals surface area contributed by atoms with E-state index in [9.17, 15) is 10.1 Å². The minimum atomic E-state index is -0.506. The van der Waals surface area contributed by atoms with Crippen LogP contribution in [0.25, 0.3) is 0 Å². The van der Waals surface area contributed by atoms with Crippen LogP contribution in [0, 0.1) is 21.4 Å². The number of halogens is 1. The fourth-order valence-corrected chi connectivity index (χ4v) is 1.98. The van der Waals surface area contributed by atoms with Crippen LogP contribution in [0.4, 0.5) is 5.69 Å². The van der Waals surface area contributed by atoms with E-state index in [-0.39, 0.29) is 10.9 Å². The number of benzene rings is 1. The van der Waals surface area contributed by atoms with Gasteiger partial charge in [-0.3, -0.25) is 10.1 Å². The number of nitro benzene ring substituents is 1. The molecule has 78 valence electrons. The first-order valence-electron chi connectivity index (χ1n) is 4.05. The van der Waals surface area contributed by atoms with Crippen molar-refractivity contribution < 1.29 is 4.92 Å². The van der Waals surface area contributed by atoms with Gasteiger partial charge in [-0.2, -0.15) is 5.26 Å². The first-order chi connectivity index (χ1) is 7.04. The van der Waals surface area contributed by atoms with Crippen molar-refractivity contribution in [2.24, 2.45) is 0 Å². The lowest BCUT2D eigenvalue weighted by Crippen LogP contribution is -1.91. The van der Waals surface area contributed by atoms with Crippen LogP contribution in [-0.4, -0.2) is 10.2 Å². The van der Waals surface area contributed by atoms with Crippen LogP contribution in [0.5, 0.6) is 0 Å². The minimum Gasteiger partial charge on any atom is -0.258 e. The monoisotopic (exact) mass is 242 g/mol. The molecule has 1 atom stereocenters. The number of hydrogen-bond acceptors (Lipinski definition) is 4. The summed E-state index contributed by atoms with van der Waals surface area (Å²) in [5, 5.41) is 19.1. The fraction of sp³-hybridized carbons (Fsp3) is 0.222. The normalized spacial score (nSPS) is 11.8. The zero-order valence-electron chi connectivity index (χ0n) is 7.81. The molecular formula is C9H7ClN2O2S. The molecule has 0 aliphatic heterocycles. The van der Waals surface area contributed by atoms with Gasteiger partial charge >= 0.3 is 0 Å². The van der Waals surface area contributed by atoms with Crippen molar-refractivity contribution in [1.29, 1.82) is 5.26 Å². The van der Waals surface area contributed by atoms with Crippen LogP contribution in [0.1, 0.15) is 6.92 Å². The lowest BCUT2D eigenvalue weighted by molar-refractivity contribution is -0.384. The van der Waals surface area contributed by atoms with Crippen LogP contribution in [-0.2, 0) is 0 Å². The lowest BCUT2D eigenvalue weighted by Gasteiger charge is -2.04. The molecule has 0 amide bonds. The quantitative estimate of drug-likeness (QED) is 0.464. The van der Waals surface area contributed by atoms with Crippen molar-refractivity contribution in [1.82, 2.24) is 0 Å². The Labute approximate surface area is 96.0 Å².